The molecule has 1 aliphatic rings. The molecule has 1 saturated carbocycles. The Bertz CT molecular complexity index is 531. The highest BCUT2D eigenvalue weighted by molar-refractivity contribution is 5.78. The van der Waals surface area contributed by atoms with Crippen molar-refractivity contribution in [2.45, 2.75) is 24.8 Å². The number of aliphatic hydroxyl groups is 1. The maximum Gasteiger partial charge on any atom is 0.223 e. The number of para-hydroxylation sites is 1. The summed E-state index contributed by atoms with van der Waals surface area (Å²) in [5.74, 6) is 0.609. The van der Waals surface area contributed by atoms with Gasteiger partial charge in [0.1, 0.15) is 0 Å². The fraction of sp³-hybridized carbons (Fsp3) is 0.385. The monoisotopic (exact) mass is 229 g/mol. The lowest BCUT2D eigenvalue weighted by molar-refractivity contribution is 0.143. The average Bonchev–Trinajstić information content (AvgIpc) is 2.34. The Labute approximate surface area is 99.7 Å². The molecule has 0 spiro atoms. The van der Waals surface area contributed by atoms with Crippen LogP contribution >= 0.6 is 0 Å². The van der Waals surface area contributed by atoms with Crippen LogP contribution in [0.15, 0.2) is 30.5 Å². The Morgan fingerprint density at radius 3 is 2.82 bits per heavy atom. The van der Waals surface area contributed by atoms with Gasteiger partial charge in [0.2, 0.25) is 5.95 Å². The minimum absolute atomic E-state index is 0.142. The van der Waals surface area contributed by atoms with Gasteiger partial charge in [-0.2, -0.15) is 0 Å². The molecule has 88 valence electrons. The summed E-state index contributed by atoms with van der Waals surface area (Å²) in [6.07, 6.45) is 4.94. The van der Waals surface area contributed by atoms with Crippen molar-refractivity contribution in [3.63, 3.8) is 0 Å². The van der Waals surface area contributed by atoms with Gasteiger partial charge in [0.05, 0.1) is 17.7 Å². The summed E-state index contributed by atoms with van der Waals surface area (Å²) in [6.45, 7) is 0.142. The van der Waals surface area contributed by atoms with Crippen LogP contribution in [-0.2, 0) is 0 Å². The Morgan fingerprint density at radius 2 is 2.12 bits per heavy atom. The van der Waals surface area contributed by atoms with Crippen LogP contribution in [0.25, 0.3) is 10.9 Å². The summed E-state index contributed by atoms with van der Waals surface area (Å²) >= 11 is 0. The van der Waals surface area contributed by atoms with Crippen LogP contribution in [0.1, 0.15) is 19.3 Å². The first-order valence-electron chi connectivity index (χ1n) is 5.92. The van der Waals surface area contributed by atoms with Crippen LogP contribution < -0.4 is 5.32 Å². The van der Waals surface area contributed by atoms with E-state index in [1.165, 1.54) is 0 Å². The number of aromatic nitrogens is 2. The third kappa shape index (κ3) is 1.85. The van der Waals surface area contributed by atoms with Gasteiger partial charge in [-0.05, 0) is 25.3 Å². The zero-order chi connectivity index (χ0) is 11.7. The van der Waals surface area contributed by atoms with Crippen LogP contribution in [0.5, 0.6) is 0 Å². The van der Waals surface area contributed by atoms with Crippen molar-refractivity contribution in [2.75, 3.05) is 11.9 Å². The molecule has 17 heavy (non-hydrogen) atoms. The molecule has 1 fully saturated rings. The lowest BCUT2D eigenvalue weighted by Crippen LogP contribution is -2.48. The van der Waals surface area contributed by atoms with E-state index in [4.69, 9.17) is 0 Å². The molecule has 2 aromatic rings. The number of hydrogen-bond acceptors (Lipinski definition) is 4. The first-order chi connectivity index (χ1) is 8.31. The van der Waals surface area contributed by atoms with Gasteiger partial charge in [-0.3, -0.25) is 0 Å². The second-order valence-corrected chi connectivity index (χ2v) is 4.67. The summed E-state index contributed by atoms with van der Waals surface area (Å²) in [6, 6.07) is 7.89. The third-order valence-corrected chi connectivity index (χ3v) is 3.48. The topological polar surface area (TPSA) is 58.0 Å². The van der Waals surface area contributed by atoms with E-state index in [0.717, 1.165) is 30.2 Å². The van der Waals surface area contributed by atoms with Crippen molar-refractivity contribution in [1.82, 2.24) is 9.97 Å². The number of benzene rings is 1. The van der Waals surface area contributed by atoms with Crippen molar-refractivity contribution in [1.29, 1.82) is 0 Å². The molecule has 0 atom stereocenters. The lowest BCUT2D eigenvalue weighted by Gasteiger charge is -2.40. The molecule has 4 heteroatoms. The largest absolute Gasteiger partial charge is 0.394 e. The van der Waals surface area contributed by atoms with Crippen molar-refractivity contribution in [3.8, 4) is 0 Å². The highest BCUT2D eigenvalue weighted by atomic mass is 16.3. The number of anilines is 1. The quantitative estimate of drug-likeness (QED) is 0.844. The van der Waals surface area contributed by atoms with E-state index in [0.29, 0.717) is 5.95 Å². The van der Waals surface area contributed by atoms with Gasteiger partial charge in [0.15, 0.2) is 0 Å². The smallest absolute Gasteiger partial charge is 0.223 e. The first-order valence-corrected chi connectivity index (χ1v) is 5.92. The maximum absolute atomic E-state index is 9.39. The molecule has 0 amide bonds. The highest BCUT2D eigenvalue weighted by Crippen LogP contribution is 2.34. The Balaban J connectivity index is 1.90. The van der Waals surface area contributed by atoms with Gasteiger partial charge in [-0.25, -0.2) is 9.97 Å². The van der Waals surface area contributed by atoms with Gasteiger partial charge < -0.3 is 10.4 Å². The summed E-state index contributed by atoms with van der Waals surface area (Å²) in [7, 11) is 0. The Hall–Kier alpha value is -1.68. The second kappa shape index (κ2) is 3.96. The summed E-state index contributed by atoms with van der Waals surface area (Å²) in [4.78, 5) is 8.75. The number of fused-ring (bicyclic) bond motifs is 1. The van der Waals surface area contributed by atoms with Gasteiger partial charge in [-0.1, -0.05) is 18.2 Å². The van der Waals surface area contributed by atoms with Crippen LogP contribution in [0.3, 0.4) is 0 Å². The number of nitrogens with one attached hydrogen (secondary N) is 1. The summed E-state index contributed by atoms with van der Waals surface area (Å²) in [5, 5.41) is 13.7. The minimum atomic E-state index is -0.192. The van der Waals surface area contributed by atoms with E-state index >= 15 is 0 Å². The van der Waals surface area contributed by atoms with Crippen LogP contribution in [0, 0.1) is 0 Å². The standard InChI is InChI=1S/C13H15N3O/c17-9-13(6-3-7-13)16-12-14-8-10-4-1-2-5-11(10)15-12/h1-2,4-5,8,17H,3,6-7,9H2,(H,14,15,16). The predicted molar refractivity (Wildman–Crippen MR) is 66.8 cm³/mol. The predicted octanol–water partition coefficient (Wildman–Crippen LogP) is 1.96. The van der Waals surface area contributed by atoms with Gasteiger partial charge >= 0.3 is 0 Å². The lowest BCUT2D eigenvalue weighted by atomic mass is 9.77. The molecule has 1 aromatic heterocycles. The molecule has 1 heterocycles. The molecule has 0 radical (unpaired) electrons. The molecule has 3 rings (SSSR count). The minimum Gasteiger partial charge on any atom is -0.394 e. The Kier molecular flexibility index (Phi) is 2.44. The maximum atomic E-state index is 9.39. The molecule has 4 nitrogen and oxygen atoms in total. The van der Waals surface area contributed by atoms with E-state index in [1.54, 1.807) is 0 Å². The molecule has 1 aromatic carbocycles. The number of aliphatic hydroxyl groups excluding tert-OH is 1. The van der Waals surface area contributed by atoms with E-state index in [2.05, 4.69) is 15.3 Å². The zero-order valence-electron chi connectivity index (χ0n) is 9.56. The molecular formula is C13H15N3O. The van der Waals surface area contributed by atoms with Gasteiger partial charge in [0.25, 0.3) is 0 Å². The van der Waals surface area contributed by atoms with Crippen molar-refractivity contribution >= 4 is 16.9 Å². The van der Waals surface area contributed by atoms with Crippen LogP contribution in [-0.4, -0.2) is 27.2 Å². The number of rotatable bonds is 3. The van der Waals surface area contributed by atoms with Crippen molar-refractivity contribution in [2.24, 2.45) is 0 Å². The highest BCUT2D eigenvalue weighted by Gasteiger charge is 2.36. The van der Waals surface area contributed by atoms with Crippen molar-refractivity contribution < 1.29 is 5.11 Å². The van der Waals surface area contributed by atoms with E-state index in [1.807, 2.05) is 30.5 Å². The Morgan fingerprint density at radius 1 is 1.29 bits per heavy atom. The van der Waals surface area contributed by atoms with E-state index in [9.17, 15) is 5.11 Å². The van der Waals surface area contributed by atoms with Gasteiger partial charge in [-0.15, -0.1) is 0 Å². The molecule has 0 aliphatic heterocycles. The molecule has 0 saturated heterocycles. The van der Waals surface area contributed by atoms with Gasteiger partial charge in [0, 0.05) is 11.6 Å². The average molecular weight is 229 g/mol. The number of hydrogen-bond donors (Lipinski definition) is 2. The summed E-state index contributed by atoms with van der Waals surface area (Å²) < 4.78 is 0. The zero-order valence-corrected chi connectivity index (χ0v) is 9.56. The second-order valence-electron chi connectivity index (χ2n) is 4.67. The molecular weight excluding hydrogens is 214 g/mol. The molecule has 1 aliphatic carbocycles. The van der Waals surface area contributed by atoms with Crippen LogP contribution in [0.4, 0.5) is 5.95 Å². The van der Waals surface area contributed by atoms with E-state index in [-0.39, 0.29) is 12.1 Å². The SMILES string of the molecule is OCC1(Nc2ncc3ccccc3n2)CCC1. The molecule has 0 bridgehead atoms. The fourth-order valence-electron chi connectivity index (χ4n) is 2.20. The molecule has 2 N–H and O–H groups in total. The fourth-order valence-corrected chi connectivity index (χ4v) is 2.20. The molecule has 0 unspecified atom stereocenters. The summed E-state index contributed by atoms with van der Waals surface area (Å²) in [5.41, 5.74) is 0.736. The van der Waals surface area contributed by atoms with Crippen LogP contribution in [0.2, 0.25) is 0 Å². The normalized spacial score (nSPS) is 17.7. The number of nitrogens with zero attached hydrogens (tertiary/aromatic N) is 2. The van der Waals surface area contributed by atoms with Crippen molar-refractivity contribution in [3.05, 3.63) is 30.5 Å². The third-order valence-electron chi connectivity index (χ3n) is 3.48. The first kappa shape index (κ1) is 10.5. The van der Waals surface area contributed by atoms with E-state index < -0.39 is 0 Å².